The van der Waals surface area contributed by atoms with Crippen LogP contribution in [0.4, 0.5) is 5.82 Å². The van der Waals surface area contributed by atoms with E-state index in [0.29, 0.717) is 12.4 Å². The molecule has 1 aromatic heterocycles. The summed E-state index contributed by atoms with van der Waals surface area (Å²) in [6.07, 6.45) is 8.62. The van der Waals surface area contributed by atoms with Gasteiger partial charge in [0.15, 0.2) is 0 Å². The maximum Gasteiger partial charge on any atom is 0.144 e. The Hall–Kier alpha value is -1.16. The normalized spacial score (nSPS) is 17.3. The molecule has 3 N–H and O–H groups in total. The third-order valence-corrected chi connectivity index (χ3v) is 3.18. The Morgan fingerprint density at radius 1 is 1.31 bits per heavy atom. The zero-order valence-corrected chi connectivity index (χ0v) is 9.65. The molecule has 16 heavy (non-hydrogen) atoms. The molecule has 0 bridgehead atoms. The summed E-state index contributed by atoms with van der Waals surface area (Å²) in [5.74, 6) is 2.42. The number of hydrogen-bond acceptors (Lipinski definition) is 4. The minimum atomic E-state index is 0.402. The van der Waals surface area contributed by atoms with E-state index in [4.69, 9.17) is 5.73 Å². The highest BCUT2D eigenvalue weighted by atomic mass is 15.0. The largest absolute Gasteiger partial charge is 0.370 e. The van der Waals surface area contributed by atoms with E-state index in [9.17, 15) is 0 Å². The van der Waals surface area contributed by atoms with Crippen LogP contribution >= 0.6 is 0 Å². The average molecular weight is 220 g/mol. The van der Waals surface area contributed by atoms with Gasteiger partial charge in [-0.25, -0.2) is 9.97 Å². The fourth-order valence-electron chi connectivity index (χ4n) is 2.24. The van der Waals surface area contributed by atoms with Gasteiger partial charge in [-0.2, -0.15) is 0 Å². The number of anilines is 1. The van der Waals surface area contributed by atoms with Gasteiger partial charge in [-0.1, -0.05) is 19.3 Å². The maximum atomic E-state index is 5.50. The molecule has 0 aliphatic heterocycles. The molecule has 1 aliphatic carbocycles. The zero-order valence-electron chi connectivity index (χ0n) is 9.65. The molecule has 88 valence electrons. The van der Waals surface area contributed by atoms with Crippen molar-refractivity contribution in [2.24, 2.45) is 11.7 Å². The highest BCUT2D eigenvalue weighted by Gasteiger charge is 2.12. The molecule has 1 aromatic rings. The molecule has 1 saturated carbocycles. The summed E-state index contributed by atoms with van der Waals surface area (Å²) >= 11 is 0. The van der Waals surface area contributed by atoms with Crippen molar-refractivity contribution in [2.75, 3.05) is 11.9 Å². The van der Waals surface area contributed by atoms with E-state index in [1.54, 1.807) is 6.20 Å². The van der Waals surface area contributed by atoms with E-state index in [-0.39, 0.29) is 0 Å². The van der Waals surface area contributed by atoms with Gasteiger partial charge in [0.25, 0.3) is 0 Å². The van der Waals surface area contributed by atoms with Crippen molar-refractivity contribution in [3.63, 3.8) is 0 Å². The first-order valence-corrected chi connectivity index (χ1v) is 6.14. The van der Waals surface area contributed by atoms with Gasteiger partial charge in [-0.05, 0) is 24.8 Å². The van der Waals surface area contributed by atoms with Crippen LogP contribution in [0.1, 0.15) is 37.9 Å². The fourth-order valence-corrected chi connectivity index (χ4v) is 2.24. The van der Waals surface area contributed by atoms with Crippen molar-refractivity contribution in [1.82, 2.24) is 9.97 Å². The quantitative estimate of drug-likeness (QED) is 0.813. The first kappa shape index (κ1) is 11.3. The van der Waals surface area contributed by atoms with Crippen LogP contribution < -0.4 is 11.1 Å². The van der Waals surface area contributed by atoms with Crippen molar-refractivity contribution in [3.8, 4) is 0 Å². The van der Waals surface area contributed by atoms with E-state index in [0.717, 1.165) is 18.3 Å². The lowest BCUT2D eigenvalue weighted by Crippen LogP contribution is -2.18. The van der Waals surface area contributed by atoms with Gasteiger partial charge in [0, 0.05) is 12.7 Å². The minimum absolute atomic E-state index is 0.402. The van der Waals surface area contributed by atoms with Crippen molar-refractivity contribution in [1.29, 1.82) is 0 Å². The molecule has 1 heterocycles. The molecule has 0 unspecified atom stereocenters. The molecular formula is C12H20N4. The molecule has 4 nitrogen and oxygen atoms in total. The summed E-state index contributed by atoms with van der Waals surface area (Å²) in [7, 11) is 0. The van der Waals surface area contributed by atoms with E-state index >= 15 is 0 Å². The Labute approximate surface area is 96.7 Å². The standard InChI is InChI=1S/C12H20N4/c13-8-12-14-7-6-11(16-12)15-9-10-4-2-1-3-5-10/h6-7,10H,1-5,8-9,13H2,(H,14,15,16). The molecule has 0 saturated heterocycles. The summed E-state index contributed by atoms with van der Waals surface area (Å²) in [4.78, 5) is 8.40. The van der Waals surface area contributed by atoms with Crippen LogP contribution in [0.3, 0.4) is 0 Å². The Balaban J connectivity index is 1.83. The summed E-state index contributed by atoms with van der Waals surface area (Å²) in [6.45, 7) is 1.43. The Kier molecular flexibility index (Phi) is 4.10. The summed E-state index contributed by atoms with van der Waals surface area (Å²) in [6, 6.07) is 1.90. The van der Waals surface area contributed by atoms with Gasteiger partial charge in [0.2, 0.25) is 0 Å². The van der Waals surface area contributed by atoms with Gasteiger partial charge in [0.1, 0.15) is 11.6 Å². The van der Waals surface area contributed by atoms with E-state index in [2.05, 4.69) is 15.3 Å². The van der Waals surface area contributed by atoms with Gasteiger partial charge < -0.3 is 11.1 Å². The number of nitrogens with zero attached hydrogens (tertiary/aromatic N) is 2. The second kappa shape index (κ2) is 5.80. The van der Waals surface area contributed by atoms with Crippen LogP contribution in [0.15, 0.2) is 12.3 Å². The first-order chi connectivity index (χ1) is 7.88. The number of hydrogen-bond donors (Lipinski definition) is 2. The second-order valence-electron chi connectivity index (χ2n) is 4.45. The number of nitrogens with two attached hydrogens (primary N) is 1. The molecular weight excluding hydrogens is 200 g/mol. The van der Waals surface area contributed by atoms with Crippen molar-refractivity contribution >= 4 is 5.82 Å². The highest BCUT2D eigenvalue weighted by molar-refractivity contribution is 5.32. The summed E-state index contributed by atoms with van der Waals surface area (Å²) in [5, 5.41) is 3.38. The lowest BCUT2D eigenvalue weighted by Gasteiger charge is -2.21. The monoisotopic (exact) mass is 220 g/mol. The third-order valence-electron chi connectivity index (χ3n) is 3.18. The summed E-state index contributed by atoms with van der Waals surface area (Å²) in [5.41, 5.74) is 5.50. The SMILES string of the molecule is NCc1nccc(NCC2CCCCC2)n1. The highest BCUT2D eigenvalue weighted by Crippen LogP contribution is 2.23. The Morgan fingerprint density at radius 2 is 2.12 bits per heavy atom. The van der Waals surface area contributed by atoms with Gasteiger partial charge in [0.05, 0.1) is 6.54 Å². The predicted octanol–water partition coefficient (Wildman–Crippen LogP) is 1.93. The number of nitrogens with one attached hydrogen (secondary N) is 1. The van der Waals surface area contributed by atoms with E-state index < -0.39 is 0 Å². The van der Waals surface area contributed by atoms with Crippen LogP contribution in [0.25, 0.3) is 0 Å². The minimum Gasteiger partial charge on any atom is -0.370 e. The van der Waals surface area contributed by atoms with Gasteiger partial charge >= 0.3 is 0 Å². The lowest BCUT2D eigenvalue weighted by molar-refractivity contribution is 0.373. The Bertz CT molecular complexity index is 321. The second-order valence-corrected chi connectivity index (χ2v) is 4.45. The average Bonchev–Trinajstić information content (AvgIpc) is 2.38. The number of aromatic nitrogens is 2. The molecule has 4 heteroatoms. The van der Waals surface area contributed by atoms with Crippen molar-refractivity contribution in [2.45, 2.75) is 38.6 Å². The van der Waals surface area contributed by atoms with Gasteiger partial charge in [-0.15, -0.1) is 0 Å². The van der Waals surface area contributed by atoms with E-state index in [1.807, 2.05) is 6.07 Å². The maximum absolute atomic E-state index is 5.50. The smallest absolute Gasteiger partial charge is 0.144 e. The molecule has 1 aliphatic rings. The van der Waals surface area contributed by atoms with Crippen LogP contribution in [-0.4, -0.2) is 16.5 Å². The molecule has 2 rings (SSSR count). The zero-order chi connectivity index (χ0) is 11.2. The molecule has 1 fully saturated rings. The fraction of sp³-hybridized carbons (Fsp3) is 0.667. The van der Waals surface area contributed by atoms with Crippen molar-refractivity contribution < 1.29 is 0 Å². The predicted molar refractivity (Wildman–Crippen MR) is 65.0 cm³/mol. The first-order valence-electron chi connectivity index (χ1n) is 6.14. The van der Waals surface area contributed by atoms with Crippen LogP contribution in [0.5, 0.6) is 0 Å². The third kappa shape index (κ3) is 3.17. The summed E-state index contributed by atoms with van der Waals surface area (Å²) < 4.78 is 0. The van der Waals surface area contributed by atoms with Crippen molar-refractivity contribution in [3.05, 3.63) is 18.1 Å². The topological polar surface area (TPSA) is 63.8 Å². The molecule has 0 aromatic carbocycles. The van der Waals surface area contributed by atoms with Crippen LogP contribution in [0.2, 0.25) is 0 Å². The lowest BCUT2D eigenvalue weighted by atomic mass is 9.89. The number of rotatable bonds is 4. The van der Waals surface area contributed by atoms with Crippen LogP contribution in [-0.2, 0) is 6.54 Å². The Morgan fingerprint density at radius 3 is 2.88 bits per heavy atom. The molecule has 0 amide bonds. The molecule has 0 spiro atoms. The molecule has 0 radical (unpaired) electrons. The van der Waals surface area contributed by atoms with Crippen LogP contribution in [0, 0.1) is 5.92 Å². The van der Waals surface area contributed by atoms with E-state index in [1.165, 1.54) is 32.1 Å². The van der Waals surface area contributed by atoms with Gasteiger partial charge in [-0.3, -0.25) is 0 Å². The molecule has 0 atom stereocenters.